The van der Waals surface area contributed by atoms with Gasteiger partial charge in [-0.1, -0.05) is 68.4 Å². The van der Waals surface area contributed by atoms with E-state index in [0.29, 0.717) is 5.92 Å². The molecule has 0 aliphatic heterocycles. The molecule has 1 radical (unpaired) electrons. The Morgan fingerprint density at radius 3 is 2.29 bits per heavy atom. The molecule has 0 fully saturated rings. The molecule has 1 heteroatoms. The average molecular weight is 280 g/mol. The first-order chi connectivity index (χ1) is 10.2. The van der Waals surface area contributed by atoms with Crippen molar-refractivity contribution in [1.82, 2.24) is 0 Å². The second-order valence-corrected chi connectivity index (χ2v) is 6.06. The van der Waals surface area contributed by atoms with Gasteiger partial charge in [0.15, 0.2) is 0 Å². The van der Waals surface area contributed by atoms with Gasteiger partial charge in [-0.2, -0.15) is 0 Å². The monoisotopic (exact) mass is 280 g/mol. The summed E-state index contributed by atoms with van der Waals surface area (Å²) in [4.78, 5) is 0. The molecule has 0 bridgehead atoms. The van der Waals surface area contributed by atoms with E-state index in [2.05, 4.69) is 68.4 Å². The van der Waals surface area contributed by atoms with Crippen LogP contribution < -0.4 is 5.73 Å². The molecule has 0 spiro atoms. The van der Waals surface area contributed by atoms with Crippen molar-refractivity contribution in [2.24, 2.45) is 11.7 Å². The summed E-state index contributed by atoms with van der Waals surface area (Å²) >= 11 is 0. The van der Waals surface area contributed by atoms with Crippen LogP contribution in [0.1, 0.15) is 43.4 Å². The van der Waals surface area contributed by atoms with Crippen molar-refractivity contribution in [3.05, 3.63) is 77.2 Å². The normalized spacial score (nSPS) is 11.3. The van der Waals surface area contributed by atoms with Gasteiger partial charge in [-0.3, -0.25) is 0 Å². The molecular weight excluding hydrogens is 254 g/mol. The average Bonchev–Trinajstić information content (AvgIpc) is 2.48. The third kappa shape index (κ3) is 4.71. The lowest BCUT2D eigenvalue weighted by Gasteiger charge is -2.21. The highest BCUT2D eigenvalue weighted by Gasteiger charge is 2.16. The van der Waals surface area contributed by atoms with E-state index in [1.807, 2.05) is 0 Å². The van der Waals surface area contributed by atoms with Gasteiger partial charge in [0.05, 0.1) is 0 Å². The molecule has 0 amide bonds. The minimum absolute atomic E-state index is 0.663. The number of hydrogen-bond acceptors (Lipinski definition) is 1. The molecule has 0 saturated carbocycles. The van der Waals surface area contributed by atoms with Crippen LogP contribution in [0.5, 0.6) is 0 Å². The highest BCUT2D eigenvalue weighted by Crippen LogP contribution is 2.29. The van der Waals surface area contributed by atoms with Gasteiger partial charge in [0.25, 0.3) is 0 Å². The first-order valence-corrected chi connectivity index (χ1v) is 7.87. The third-order valence-electron chi connectivity index (χ3n) is 3.74. The van der Waals surface area contributed by atoms with E-state index in [1.165, 1.54) is 22.6 Å². The Hall–Kier alpha value is -1.60. The highest BCUT2D eigenvalue weighted by molar-refractivity contribution is 5.41. The first kappa shape index (κ1) is 15.8. The molecular formula is C20H26N. The fraction of sp³-hybridized carbons (Fsp3) is 0.350. The molecule has 2 rings (SSSR count). The number of benzene rings is 2. The summed E-state index contributed by atoms with van der Waals surface area (Å²) < 4.78 is 0. The Morgan fingerprint density at radius 2 is 1.62 bits per heavy atom. The van der Waals surface area contributed by atoms with E-state index in [1.54, 1.807) is 0 Å². The zero-order valence-corrected chi connectivity index (χ0v) is 13.2. The topological polar surface area (TPSA) is 26.0 Å². The van der Waals surface area contributed by atoms with Crippen molar-refractivity contribution in [2.75, 3.05) is 6.54 Å². The fourth-order valence-electron chi connectivity index (χ4n) is 2.85. The Balaban J connectivity index is 2.25. The maximum Gasteiger partial charge on any atom is 0.00677 e. The molecule has 21 heavy (non-hydrogen) atoms. The zero-order chi connectivity index (χ0) is 15.1. The van der Waals surface area contributed by atoms with Crippen LogP contribution in [0.25, 0.3) is 0 Å². The van der Waals surface area contributed by atoms with E-state index >= 15 is 0 Å². The standard InChI is InChI=1S/C20H26N/c1-16(2)14-19(12-13-21)20-11-7-6-10-18(20)15-17-8-4-3-5-9-17/h3-11,16H,12-15,21H2,1-2H3. The van der Waals surface area contributed by atoms with E-state index in [9.17, 15) is 0 Å². The Bertz CT molecular complexity index is 531. The van der Waals surface area contributed by atoms with Crippen LogP contribution in [0, 0.1) is 11.8 Å². The van der Waals surface area contributed by atoms with Gasteiger partial charge < -0.3 is 5.73 Å². The van der Waals surface area contributed by atoms with Gasteiger partial charge >= 0.3 is 0 Å². The van der Waals surface area contributed by atoms with Crippen molar-refractivity contribution in [3.63, 3.8) is 0 Å². The Morgan fingerprint density at radius 1 is 0.952 bits per heavy atom. The lowest BCUT2D eigenvalue weighted by molar-refractivity contribution is 0.583. The molecule has 0 saturated heterocycles. The lowest BCUT2D eigenvalue weighted by Crippen LogP contribution is -2.12. The number of rotatable bonds is 7. The molecule has 0 aliphatic carbocycles. The second-order valence-electron chi connectivity index (χ2n) is 6.06. The van der Waals surface area contributed by atoms with Crippen molar-refractivity contribution in [3.8, 4) is 0 Å². The zero-order valence-electron chi connectivity index (χ0n) is 13.2. The summed E-state index contributed by atoms with van der Waals surface area (Å²) in [6.07, 6.45) is 3.11. The van der Waals surface area contributed by atoms with Crippen LogP contribution in [-0.2, 0) is 6.42 Å². The quantitative estimate of drug-likeness (QED) is 0.788. The summed E-state index contributed by atoms with van der Waals surface area (Å²) in [6, 6.07) is 19.5. The molecule has 0 aliphatic rings. The summed E-state index contributed by atoms with van der Waals surface area (Å²) in [6.45, 7) is 5.27. The molecule has 2 aromatic carbocycles. The third-order valence-corrected chi connectivity index (χ3v) is 3.74. The number of hydrogen-bond donors (Lipinski definition) is 1. The van der Waals surface area contributed by atoms with Crippen LogP contribution in [0.3, 0.4) is 0 Å². The maximum absolute atomic E-state index is 5.82. The van der Waals surface area contributed by atoms with Gasteiger partial charge in [0.2, 0.25) is 0 Å². The van der Waals surface area contributed by atoms with Crippen molar-refractivity contribution < 1.29 is 0 Å². The van der Waals surface area contributed by atoms with Crippen molar-refractivity contribution in [2.45, 2.75) is 33.1 Å². The van der Waals surface area contributed by atoms with Crippen LogP contribution in [-0.4, -0.2) is 6.54 Å². The summed E-state index contributed by atoms with van der Waals surface area (Å²) in [5.41, 5.74) is 10.0. The summed E-state index contributed by atoms with van der Waals surface area (Å²) in [5.74, 6) is 2.16. The van der Waals surface area contributed by atoms with E-state index < -0.39 is 0 Å². The SMILES string of the molecule is CC(C)C[C](CCN)c1ccccc1Cc1ccccc1. The molecule has 2 N–H and O–H groups in total. The summed E-state index contributed by atoms with van der Waals surface area (Å²) in [7, 11) is 0. The molecule has 0 aromatic heterocycles. The van der Waals surface area contributed by atoms with Gasteiger partial charge in [-0.05, 0) is 48.4 Å². The van der Waals surface area contributed by atoms with Gasteiger partial charge in [-0.15, -0.1) is 0 Å². The molecule has 111 valence electrons. The van der Waals surface area contributed by atoms with Crippen LogP contribution in [0.15, 0.2) is 54.6 Å². The van der Waals surface area contributed by atoms with Gasteiger partial charge in [0.1, 0.15) is 0 Å². The van der Waals surface area contributed by atoms with Gasteiger partial charge in [0, 0.05) is 5.92 Å². The first-order valence-electron chi connectivity index (χ1n) is 7.87. The molecule has 2 aromatic rings. The maximum atomic E-state index is 5.82. The molecule has 0 atom stereocenters. The van der Waals surface area contributed by atoms with E-state index in [4.69, 9.17) is 5.73 Å². The predicted molar refractivity (Wildman–Crippen MR) is 91.2 cm³/mol. The molecule has 0 unspecified atom stereocenters. The summed E-state index contributed by atoms with van der Waals surface area (Å²) in [5, 5.41) is 0. The minimum atomic E-state index is 0.663. The van der Waals surface area contributed by atoms with Gasteiger partial charge in [-0.25, -0.2) is 0 Å². The van der Waals surface area contributed by atoms with Crippen LogP contribution in [0.4, 0.5) is 0 Å². The minimum Gasteiger partial charge on any atom is -0.330 e. The molecule has 1 nitrogen and oxygen atoms in total. The second kappa shape index (κ2) is 7.99. The Kier molecular flexibility index (Phi) is 6.01. The van der Waals surface area contributed by atoms with Crippen LogP contribution >= 0.6 is 0 Å². The van der Waals surface area contributed by atoms with Crippen molar-refractivity contribution >= 4 is 0 Å². The smallest absolute Gasteiger partial charge is 0.00677 e. The lowest BCUT2D eigenvalue weighted by atomic mass is 9.84. The van der Waals surface area contributed by atoms with E-state index in [-0.39, 0.29) is 0 Å². The van der Waals surface area contributed by atoms with Crippen LogP contribution in [0.2, 0.25) is 0 Å². The Labute approximate surface area is 129 Å². The molecule has 0 heterocycles. The highest BCUT2D eigenvalue weighted by atomic mass is 14.5. The van der Waals surface area contributed by atoms with E-state index in [0.717, 1.165) is 25.8 Å². The van der Waals surface area contributed by atoms with Crippen molar-refractivity contribution in [1.29, 1.82) is 0 Å². The predicted octanol–water partition coefficient (Wildman–Crippen LogP) is 4.59. The largest absolute Gasteiger partial charge is 0.330 e. The fourth-order valence-corrected chi connectivity index (χ4v) is 2.85. The number of nitrogens with two attached hydrogens (primary N) is 1.